The lowest BCUT2D eigenvalue weighted by atomic mass is 10.1. The van der Waals surface area contributed by atoms with E-state index in [1.54, 1.807) is 0 Å². The van der Waals surface area contributed by atoms with Crippen molar-refractivity contribution in [3.05, 3.63) is 35.9 Å². The number of hydrogen-bond donors (Lipinski definition) is 1. The van der Waals surface area contributed by atoms with Crippen molar-refractivity contribution in [1.29, 1.82) is 0 Å². The molecule has 1 aromatic carbocycles. The normalized spacial score (nSPS) is 25.4. The van der Waals surface area contributed by atoms with Crippen molar-refractivity contribution in [2.75, 3.05) is 26.7 Å². The summed E-state index contributed by atoms with van der Waals surface area (Å²) >= 11 is 0. The molecular formula is C15H23N3O. The molecule has 1 heterocycles. The number of nitrogens with zero attached hydrogens (tertiary/aromatic N) is 2. The van der Waals surface area contributed by atoms with Crippen LogP contribution >= 0.6 is 0 Å². The topological polar surface area (TPSA) is 49.6 Å². The van der Waals surface area contributed by atoms with Crippen LogP contribution in [0.4, 0.5) is 0 Å². The van der Waals surface area contributed by atoms with Gasteiger partial charge in [0.2, 0.25) is 5.91 Å². The molecule has 104 valence electrons. The van der Waals surface area contributed by atoms with Crippen LogP contribution in [0.1, 0.15) is 12.5 Å². The molecule has 2 atom stereocenters. The molecule has 0 aliphatic carbocycles. The molecular weight excluding hydrogens is 238 g/mol. The average Bonchev–Trinajstić information content (AvgIpc) is 2.48. The van der Waals surface area contributed by atoms with Gasteiger partial charge in [0.05, 0.1) is 0 Å². The van der Waals surface area contributed by atoms with Gasteiger partial charge >= 0.3 is 0 Å². The Hall–Kier alpha value is -1.39. The smallest absolute Gasteiger partial charge is 0.241 e. The molecule has 1 fully saturated rings. The molecule has 4 nitrogen and oxygen atoms in total. The monoisotopic (exact) mass is 261 g/mol. The molecule has 19 heavy (non-hydrogen) atoms. The quantitative estimate of drug-likeness (QED) is 0.880. The Morgan fingerprint density at radius 2 is 1.95 bits per heavy atom. The summed E-state index contributed by atoms with van der Waals surface area (Å²) in [6, 6.07) is 9.94. The molecule has 2 unspecified atom stereocenters. The molecule has 0 saturated carbocycles. The van der Waals surface area contributed by atoms with Gasteiger partial charge in [0, 0.05) is 26.2 Å². The van der Waals surface area contributed by atoms with Crippen LogP contribution in [0.25, 0.3) is 0 Å². The zero-order chi connectivity index (χ0) is 13.8. The second kappa shape index (κ2) is 6.17. The van der Waals surface area contributed by atoms with E-state index in [1.165, 1.54) is 5.56 Å². The van der Waals surface area contributed by atoms with E-state index in [9.17, 15) is 4.79 Å². The fourth-order valence-electron chi connectivity index (χ4n) is 2.77. The third-order valence-corrected chi connectivity index (χ3v) is 3.70. The first-order valence-corrected chi connectivity index (χ1v) is 6.85. The average molecular weight is 261 g/mol. The number of hydrogen-bond acceptors (Lipinski definition) is 3. The molecule has 1 aliphatic rings. The molecule has 0 aromatic heterocycles. The number of carbonyl (C=O) groups is 1. The van der Waals surface area contributed by atoms with Gasteiger partial charge in [0.1, 0.15) is 6.04 Å². The number of amides is 1. The summed E-state index contributed by atoms with van der Waals surface area (Å²) in [5.41, 5.74) is 6.94. The van der Waals surface area contributed by atoms with E-state index in [2.05, 4.69) is 24.0 Å². The van der Waals surface area contributed by atoms with Crippen molar-refractivity contribution in [3.8, 4) is 0 Å². The van der Waals surface area contributed by atoms with E-state index in [4.69, 9.17) is 5.73 Å². The van der Waals surface area contributed by atoms with Crippen LogP contribution in [0.15, 0.2) is 30.3 Å². The number of rotatable bonds is 3. The maximum atomic E-state index is 12.5. The Morgan fingerprint density at radius 1 is 1.26 bits per heavy atom. The third-order valence-electron chi connectivity index (χ3n) is 3.70. The fraction of sp³-hybridized carbons (Fsp3) is 0.533. The zero-order valence-electron chi connectivity index (χ0n) is 11.7. The Bertz CT molecular complexity index is 421. The molecule has 1 saturated heterocycles. The first-order valence-electron chi connectivity index (χ1n) is 6.85. The van der Waals surface area contributed by atoms with Crippen LogP contribution in [0.2, 0.25) is 0 Å². The van der Waals surface area contributed by atoms with Crippen LogP contribution in [0.3, 0.4) is 0 Å². The van der Waals surface area contributed by atoms with Gasteiger partial charge < -0.3 is 10.6 Å². The van der Waals surface area contributed by atoms with Crippen LogP contribution in [-0.2, 0) is 11.3 Å². The SMILES string of the molecule is CC1CN(Cc2ccccc2)C(=O)C(CN)N(C)C1. The predicted octanol–water partition coefficient (Wildman–Crippen LogP) is 0.924. The number of likely N-dealkylation sites (N-methyl/N-ethyl adjacent to an activating group) is 1. The molecule has 2 N–H and O–H groups in total. The van der Waals surface area contributed by atoms with Crippen LogP contribution in [0.5, 0.6) is 0 Å². The molecule has 1 amide bonds. The second-order valence-electron chi connectivity index (χ2n) is 5.50. The lowest BCUT2D eigenvalue weighted by Gasteiger charge is -2.27. The first-order chi connectivity index (χ1) is 9.11. The molecule has 2 rings (SSSR count). The van der Waals surface area contributed by atoms with E-state index < -0.39 is 0 Å². The molecule has 1 aliphatic heterocycles. The number of benzene rings is 1. The summed E-state index contributed by atoms with van der Waals surface area (Å²) < 4.78 is 0. The van der Waals surface area contributed by atoms with Gasteiger partial charge in [0.15, 0.2) is 0 Å². The van der Waals surface area contributed by atoms with E-state index in [0.717, 1.165) is 13.1 Å². The van der Waals surface area contributed by atoms with E-state index >= 15 is 0 Å². The first kappa shape index (κ1) is 14.0. The van der Waals surface area contributed by atoms with Gasteiger partial charge in [-0.2, -0.15) is 0 Å². The van der Waals surface area contributed by atoms with Gasteiger partial charge in [-0.3, -0.25) is 9.69 Å². The van der Waals surface area contributed by atoms with Crippen molar-refractivity contribution < 1.29 is 4.79 Å². The van der Waals surface area contributed by atoms with E-state index in [0.29, 0.717) is 19.0 Å². The summed E-state index contributed by atoms with van der Waals surface area (Å²) in [7, 11) is 1.98. The fourth-order valence-corrected chi connectivity index (χ4v) is 2.77. The molecule has 0 spiro atoms. The highest BCUT2D eigenvalue weighted by Crippen LogP contribution is 2.16. The molecule has 4 heteroatoms. The second-order valence-corrected chi connectivity index (χ2v) is 5.50. The predicted molar refractivity (Wildman–Crippen MR) is 76.5 cm³/mol. The van der Waals surface area contributed by atoms with Crippen molar-refractivity contribution in [2.24, 2.45) is 11.7 Å². The highest BCUT2D eigenvalue weighted by molar-refractivity contribution is 5.82. The Kier molecular flexibility index (Phi) is 4.56. The van der Waals surface area contributed by atoms with E-state index in [-0.39, 0.29) is 11.9 Å². The van der Waals surface area contributed by atoms with Crippen LogP contribution in [0, 0.1) is 5.92 Å². The molecule has 0 bridgehead atoms. The van der Waals surface area contributed by atoms with E-state index in [1.807, 2.05) is 30.1 Å². The van der Waals surface area contributed by atoms with Gasteiger partial charge in [0.25, 0.3) is 0 Å². The standard InChI is InChI=1S/C15H23N3O/c1-12-9-17(2)14(8-16)15(19)18(10-12)11-13-6-4-3-5-7-13/h3-7,12,14H,8-11,16H2,1-2H3. The summed E-state index contributed by atoms with van der Waals surface area (Å²) in [6.45, 7) is 4.95. The highest BCUT2D eigenvalue weighted by Gasteiger charge is 2.31. The number of carbonyl (C=O) groups excluding carboxylic acids is 1. The Balaban J connectivity index is 2.15. The summed E-state index contributed by atoms with van der Waals surface area (Å²) in [4.78, 5) is 16.6. The lowest BCUT2D eigenvalue weighted by Crippen LogP contribution is -2.48. The molecule has 0 radical (unpaired) electrons. The maximum Gasteiger partial charge on any atom is 0.241 e. The van der Waals surface area contributed by atoms with Crippen molar-refractivity contribution in [1.82, 2.24) is 9.80 Å². The van der Waals surface area contributed by atoms with Crippen LogP contribution in [-0.4, -0.2) is 48.4 Å². The number of nitrogens with two attached hydrogens (primary N) is 1. The van der Waals surface area contributed by atoms with Gasteiger partial charge in [-0.05, 0) is 18.5 Å². The van der Waals surface area contributed by atoms with Gasteiger partial charge in [-0.15, -0.1) is 0 Å². The molecule has 1 aromatic rings. The minimum absolute atomic E-state index is 0.151. The van der Waals surface area contributed by atoms with Crippen molar-refractivity contribution in [2.45, 2.75) is 19.5 Å². The van der Waals surface area contributed by atoms with Crippen LogP contribution < -0.4 is 5.73 Å². The maximum absolute atomic E-state index is 12.5. The minimum atomic E-state index is -0.186. The van der Waals surface area contributed by atoms with Crippen molar-refractivity contribution in [3.63, 3.8) is 0 Å². The Labute approximate surface area is 115 Å². The third kappa shape index (κ3) is 3.33. The highest BCUT2D eigenvalue weighted by atomic mass is 16.2. The summed E-state index contributed by atoms with van der Waals surface area (Å²) in [5.74, 6) is 0.618. The minimum Gasteiger partial charge on any atom is -0.337 e. The summed E-state index contributed by atoms with van der Waals surface area (Å²) in [6.07, 6.45) is 0. The zero-order valence-corrected chi connectivity index (χ0v) is 11.7. The van der Waals surface area contributed by atoms with Gasteiger partial charge in [-0.1, -0.05) is 37.3 Å². The van der Waals surface area contributed by atoms with Crippen molar-refractivity contribution >= 4 is 5.91 Å². The summed E-state index contributed by atoms with van der Waals surface area (Å²) in [5, 5.41) is 0. The Morgan fingerprint density at radius 3 is 2.58 bits per heavy atom. The van der Waals surface area contributed by atoms with Gasteiger partial charge in [-0.25, -0.2) is 0 Å². The largest absolute Gasteiger partial charge is 0.337 e. The lowest BCUT2D eigenvalue weighted by molar-refractivity contribution is -0.135.